The number of benzene rings is 2. The lowest BCUT2D eigenvalue weighted by atomic mass is 10.1. The predicted molar refractivity (Wildman–Crippen MR) is 94.6 cm³/mol. The molecule has 0 amide bonds. The Balaban J connectivity index is 1.78. The number of rotatable bonds is 9. The monoisotopic (exact) mass is 313 g/mol. The van der Waals surface area contributed by atoms with Crippen molar-refractivity contribution in [3.05, 3.63) is 65.7 Å². The van der Waals surface area contributed by atoms with Crippen LogP contribution in [-0.4, -0.2) is 18.8 Å². The highest BCUT2D eigenvalue weighted by Gasteiger charge is 2.08. The second-order valence-electron chi connectivity index (χ2n) is 5.96. The third kappa shape index (κ3) is 6.43. The van der Waals surface area contributed by atoms with Crippen LogP contribution in [0.2, 0.25) is 0 Å². The van der Waals surface area contributed by atoms with Crippen LogP contribution in [0.1, 0.15) is 31.4 Å². The summed E-state index contributed by atoms with van der Waals surface area (Å²) < 4.78 is 11.8. The molecule has 0 aliphatic carbocycles. The number of ether oxygens (including phenoxy) is 2. The van der Waals surface area contributed by atoms with E-state index >= 15 is 0 Å². The molecule has 0 saturated heterocycles. The van der Waals surface area contributed by atoms with Gasteiger partial charge in [0.1, 0.15) is 12.4 Å². The Bertz CT molecular complexity index is 552. The van der Waals surface area contributed by atoms with Crippen LogP contribution in [0.15, 0.2) is 54.6 Å². The van der Waals surface area contributed by atoms with E-state index in [4.69, 9.17) is 15.2 Å². The largest absolute Gasteiger partial charge is 0.491 e. The summed E-state index contributed by atoms with van der Waals surface area (Å²) in [5, 5.41) is 0. The lowest BCUT2D eigenvalue weighted by Crippen LogP contribution is -2.21. The highest BCUT2D eigenvalue weighted by molar-refractivity contribution is 5.27. The molecule has 3 heteroatoms. The van der Waals surface area contributed by atoms with E-state index < -0.39 is 0 Å². The maximum Gasteiger partial charge on any atom is 0.119 e. The summed E-state index contributed by atoms with van der Waals surface area (Å²) in [5.74, 6) is 0.875. The first kappa shape index (κ1) is 17.5. The van der Waals surface area contributed by atoms with Crippen LogP contribution >= 0.6 is 0 Å². The zero-order valence-corrected chi connectivity index (χ0v) is 14.1. The van der Waals surface area contributed by atoms with Crippen molar-refractivity contribution in [1.82, 2.24) is 0 Å². The molecule has 2 rings (SSSR count). The molecule has 2 aromatic rings. The summed E-state index contributed by atoms with van der Waals surface area (Å²) in [4.78, 5) is 0. The SMILES string of the molecule is CC[C@H](COc1ccc(C[C@@H](C)N)cc1)OCc1ccccc1. The fraction of sp³-hybridized carbons (Fsp3) is 0.400. The van der Waals surface area contributed by atoms with E-state index in [1.807, 2.05) is 37.3 Å². The molecule has 23 heavy (non-hydrogen) atoms. The van der Waals surface area contributed by atoms with Gasteiger partial charge in [0.25, 0.3) is 0 Å². The summed E-state index contributed by atoms with van der Waals surface area (Å²) in [5.41, 5.74) is 8.23. The van der Waals surface area contributed by atoms with Crippen molar-refractivity contribution in [2.24, 2.45) is 5.73 Å². The first-order valence-electron chi connectivity index (χ1n) is 8.30. The van der Waals surface area contributed by atoms with Gasteiger partial charge in [-0.1, -0.05) is 49.4 Å². The fourth-order valence-corrected chi connectivity index (χ4v) is 2.35. The molecule has 0 unspecified atom stereocenters. The molecule has 0 aliphatic rings. The lowest BCUT2D eigenvalue weighted by Gasteiger charge is -2.17. The van der Waals surface area contributed by atoms with Gasteiger partial charge in [-0.15, -0.1) is 0 Å². The zero-order valence-electron chi connectivity index (χ0n) is 14.1. The van der Waals surface area contributed by atoms with Gasteiger partial charge in [-0.25, -0.2) is 0 Å². The molecule has 0 aromatic heterocycles. The van der Waals surface area contributed by atoms with Gasteiger partial charge in [-0.2, -0.15) is 0 Å². The third-order valence-corrected chi connectivity index (χ3v) is 3.70. The van der Waals surface area contributed by atoms with Crippen molar-refractivity contribution in [1.29, 1.82) is 0 Å². The quantitative estimate of drug-likeness (QED) is 0.762. The minimum Gasteiger partial charge on any atom is -0.491 e. The molecule has 124 valence electrons. The van der Waals surface area contributed by atoms with Gasteiger partial charge < -0.3 is 15.2 Å². The molecule has 0 fully saturated rings. The van der Waals surface area contributed by atoms with Crippen LogP contribution in [-0.2, 0) is 17.8 Å². The van der Waals surface area contributed by atoms with Crippen molar-refractivity contribution in [2.45, 2.75) is 45.4 Å². The van der Waals surface area contributed by atoms with Crippen LogP contribution in [0, 0.1) is 0 Å². The summed E-state index contributed by atoms with van der Waals surface area (Å²) in [6, 6.07) is 18.5. The molecule has 0 spiro atoms. The first-order chi connectivity index (χ1) is 11.2. The van der Waals surface area contributed by atoms with E-state index in [0.29, 0.717) is 13.2 Å². The molecular weight excluding hydrogens is 286 g/mol. The van der Waals surface area contributed by atoms with Crippen molar-refractivity contribution in [3.8, 4) is 5.75 Å². The van der Waals surface area contributed by atoms with E-state index in [1.165, 1.54) is 11.1 Å². The van der Waals surface area contributed by atoms with Crippen molar-refractivity contribution in [2.75, 3.05) is 6.61 Å². The Morgan fingerprint density at radius 2 is 1.65 bits per heavy atom. The van der Waals surface area contributed by atoms with Crippen LogP contribution in [0.3, 0.4) is 0 Å². The summed E-state index contributed by atoms with van der Waals surface area (Å²) in [6.45, 7) is 5.32. The normalized spacial score (nSPS) is 13.5. The Morgan fingerprint density at radius 3 is 2.26 bits per heavy atom. The number of hydrogen-bond donors (Lipinski definition) is 1. The molecule has 0 heterocycles. The summed E-state index contributed by atoms with van der Waals surface area (Å²) in [7, 11) is 0. The first-order valence-corrected chi connectivity index (χ1v) is 8.30. The fourth-order valence-electron chi connectivity index (χ4n) is 2.35. The second-order valence-corrected chi connectivity index (χ2v) is 5.96. The molecule has 0 aliphatic heterocycles. The Labute approximate surface area is 139 Å². The minimum absolute atomic E-state index is 0.0962. The average molecular weight is 313 g/mol. The van der Waals surface area contributed by atoms with Gasteiger partial charge >= 0.3 is 0 Å². The number of nitrogens with two attached hydrogens (primary N) is 1. The van der Waals surface area contributed by atoms with Gasteiger partial charge in [0.15, 0.2) is 0 Å². The minimum atomic E-state index is 0.0962. The van der Waals surface area contributed by atoms with Gasteiger partial charge in [-0.3, -0.25) is 0 Å². The predicted octanol–water partition coefficient (Wildman–Crippen LogP) is 3.95. The maximum absolute atomic E-state index is 5.93. The van der Waals surface area contributed by atoms with E-state index in [9.17, 15) is 0 Å². The standard InChI is InChI=1S/C20H27NO2/c1-3-19(22-14-18-7-5-4-6-8-18)15-23-20-11-9-17(10-12-20)13-16(2)21/h4-12,16,19H,3,13-15,21H2,1-2H3/t16-,19-/m1/s1. The highest BCUT2D eigenvalue weighted by atomic mass is 16.5. The van der Waals surface area contributed by atoms with Crippen molar-refractivity contribution >= 4 is 0 Å². The third-order valence-electron chi connectivity index (χ3n) is 3.70. The van der Waals surface area contributed by atoms with Crippen LogP contribution in [0.5, 0.6) is 5.75 Å². The van der Waals surface area contributed by atoms with E-state index in [0.717, 1.165) is 18.6 Å². The molecule has 0 bridgehead atoms. The lowest BCUT2D eigenvalue weighted by molar-refractivity contribution is 0.00749. The molecule has 2 atom stereocenters. The topological polar surface area (TPSA) is 44.5 Å². The maximum atomic E-state index is 5.93. The molecular formula is C20H27NO2. The smallest absolute Gasteiger partial charge is 0.119 e. The molecule has 0 saturated carbocycles. The van der Waals surface area contributed by atoms with Gasteiger partial charge in [0.05, 0.1) is 12.7 Å². The molecule has 3 nitrogen and oxygen atoms in total. The average Bonchev–Trinajstić information content (AvgIpc) is 2.57. The van der Waals surface area contributed by atoms with E-state index in [1.54, 1.807) is 0 Å². The van der Waals surface area contributed by atoms with E-state index in [-0.39, 0.29) is 12.1 Å². The van der Waals surface area contributed by atoms with Crippen LogP contribution in [0.4, 0.5) is 0 Å². The van der Waals surface area contributed by atoms with Crippen LogP contribution < -0.4 is 10.5 Å². The Morgan fingerprint density at radius 1 is 0.957 bits per heavy atom. The molecule has 0 radical (unpaired) electrons. The van der Waals surface area contributed by atoms with Gasteiger partial charge in [0, 0.05) is 6.04 Å². The molecule has 2 N–H and O–H groups in total. The zero-order chi connectivity index (χ0) is 16.5. The second kappa shape index (κ2) is 9.33. The van der Waals surface area contributed by atoms with E-state index in [2.05, 4.69) is 31.2 Å². The molecule has 2 aromatic carbocycles. The Kier molecular flexibility index (Phi) is 7.11. The van der Waals surface area contributed by atoms with Crippen LogP contribution in [0.25, 0.3) is 0 Å². The highest BCUT2D eigenvalue weighted by Crippen LogP contribution is 2.15. The summed E-state index contributed by atoms with van der Waals surface area (Å²) >= 11 is 0. The number of hydrogen-bond acceptors (Lipinski definition) is 3. The van der Waals surface area contributed by atoms with Gasteiger partial charge in [-0.05, 0) is 43.0 Å². The van der Waals surface area contributed by atoms with Crippen molar-refractivity contribution in [3.63, 3.8) is 0 Å². The Hall–Kier alpha value is -1.84. The van der Waals surface area contributed by atoms with Gasteiger partial charge in [0.2, 0.25) is 0 Å². The van der Waals surface area contributed by atoms with Crippen molar-refractivity contribution < 1.29 is 9.47 Å². The summed E-state index contributed by atoms with van der Waals surface area (Å²) in [6.07, 6.45) is 1.91.